The zero-order valence-corrected chi connectivity index (χ0v) is 9.98. The van der Waals surface area contributed by atoms with E-state index in [1.807, 2.05) is 24.3 Å². The number of ketones is 1. The predicted molar refractivity (Wildman–Crippen MR) is 67.9 cm³/mol. The fourth-order valence-corrected chi connectivity index (χ4v) is 2.98. The molecule has 1 atom stereocenters. The minimum absolute atomic E-state index is 0.130. The predicted octanol–water partition coefficient (Wildman–Crippen LogP) is 2.65. The number of ether oxygens (including phenoxy) is 1. The van der Waals surface area contributed by atoms with Gasteiger partial charge < -0.3 is 4.74 Å². The van der Waals surface area contributed by atoms with E-state index in [1.54, 1.807) is 0 Å². The van der Waals surface area contributed by atoms with Crippen LogP contribution in [0.25, 0.3) is 0 Å². The van der Waals surface area contributed by atoms with Crippen molar-refractivity contribution in [3.8, 4) is 5.75 Å². The van der Waals surface area contributed by atoms with Crippen molar-refractivity contribution in [2.45, 2.75) is 31.8 Å². The van der Waals surface area contributed by atoms with E-state index in [0.29, 0.717) is 0 Å². The van der Waals surface area contributed by atoms with Gasteiger partial charge >= 0.3 is 0 Å². The number of carbonyl (C=O) groups excluding carboxylic acids is 1. The largest absolute Gasteiger partial charge is 0.475 e. The molecule has 3 aliphatic rings. The van der Waals surface area contributed by atoms with Crippen molar-refractivity contribution < 1.29 is 9.53 Å². The summed E-state index contributed by atoms with van der Waals surface area (Å²) in [5, 5.41) is 0. The van der Waals surface area contributed by atoms with Gasteiger partial charge in [-0.15, -0.1) is 0 Å². The Balaban J connectivity index is 1.88. The molecule has 0 saturated carbocycles. The number of Topliss-reactive ketones (excluding diaryl/α,β-unsaturated/α-hetero) is 1. The Hall–Kier alpha value is -1.90. The molecule has 0 aromatic heterocycles. The van der Waals surface area contributed by atoms with Gasteiger partial charge in [-0.2, -0.15) is 0 Å². The van der Waals surface area contributed by atoms with E-state index in [4.69, 9.17) is 9.73 Å². The first-order valence-corrected chi connectivity index (χ1v) is 6.45. The van der Waals surface area contributed by atoms with E-state index in [0.717, 1.165) is 54.0 Å². The van der Waals surface area contributed by atoms with Crippen LogP contribution >= 0.6 is 0 Å². The number of hydrogen-bond donors (Lipinski definition) is 0. The number of hydrogen-bond acceptors (Lipinski definition) is 3. The first-order valence-electron chi connectivity index (χ1n) is 6.45. The van der Waals surface area contributed by atoms with Crippen molar-refractivity contribution in [1.29, 1.82) is 0 Å². The summed E-state index contributed by atoms with van der Waals surface area (Å²) in [6.45, 7) is 0. The van der Waals surface area contributed by atoms with E-state index in [2.05, 4.69) is 0 Å². The molecule has 1 unspecified atom stereocenters. The maximum absolute atomic E-state index is 12.4. The molecule has 3 nitrogen and oxygen atoms in total. The SMILES string of the molecule is O=C1C2=C(CCCC2)N=C2c3ccccc3OC12. The van der Waals surface area contributed by atoms with Crippen molar-refractivity contribution in [2.24, 2.45) is 4.99 Å². The number of allylic oxidation sites excluding steroid dienone is 1. The molecule has 1 aromatic rings. The molecule has 0 radical (unpaired) electrons. The van der Waals surface area contributed by atoms with Crippen LogP contribution in [-0.4, -0.2) is 17.6 Å². The zero-order valence-electron chi connectivity index (χ0n) is 9.98. The number of fused-ring (bicyclic) bond motifs is 3. The van der Waals surface area contributed by atoms with Gasteiger partial charge in [0, 0.05) is 16.8 Å². The van der Waals surface area contributed by atoms with Gasteiger partial charge in [0.2, 0.25) is 11.9 Å². The number of aliphatic imine (C=N–C) groups is 1. The lowest BCUT2D eigenvalue weighted by molar-refractivity contribution is -0.119. The first kappa shape index (κ1) is 10.1. The van der Waals surface area contributed by atoms with Gasteiger partial charge in [-0.05, 0) is 37.8 Å². The smallest absolute Gasteiger partial charge is 0.207 e. The molecule has 1 aliphatic carbocycles. The number of carbonyl (C=O) groups is 1. The van der Waals surface area contributed by atoms with E-state index >= 15 is 0 Å². The van der Waals surface area contributed by atoms with Crippen LogP contribution in [0.15, 0.2) is 40.5 Å². The second-order valence-corrected chi connectivity index (χ2v) is 4.99. The molecule has 0 N–H and O–H groups in total. The Labute approximate surface area is 105 Å². The Morgan fingerprint density at radius 2 is 2.00 bits per heavy atom. The lowest BCUT2D eigenvalue weighted by atomic mass is 9.87. The topological polar surface area (TPSA) is 38.7 Å². The summed E-state index contributed by atoms with van der Waals surface area (Å²) in [6, 6.07) is 7.77. The standard InChI is InChI=1S/C15H13NO2/c17-14-9-5-1-3-7-11(9)16-13-10-6-2-4-8-12(10)18-15(13)14/h2,4,6,8,15H,1,3,5,7H2. The minimum Gasteiger partial charge on any atom is -0.475 e. The molecule has 2 heterocycles. The van der Waals surface area contributed by atoms with Crippen molar-refractivity contribution >= 4 is 11.5 Å². The first-order chi connectivity index (χ1) is 8.84. The quantitative estimate of drug-likeness (QED) is 0.698. The van der Waals surface area contributed by atoms with Gasteiger partial charge in [0.15, 0.2) is 0 Å². The normalized spacial score (nSPS) is 25.0. The van der Waals surface area contributed by atoms with Gasteiger partial charge in [0.25, 0.3) is 0 Å². The van der Waals surface area contributed by atoms with Crippen LogP contribution in [0.3, 0.4) is 0 Å². The molecule has 1 aromatic carbocycles. The third kappa shape index (κ3) is 1.24. The van der Waals surface area contributed by atoms with Crippen LogP contribution in [-0.2, 0) is 4.79 Å². The Morgan fingerprint density at radius 1 is 1.17 bits per heavy atom. The van der Waals surface area contributed by atoms with Gasteiger partial charge in [-0.25, -0.2) is 0 Å². The van der Waals surface area contributed by atoms with Gasteiger partial charge in [-0.1, -0.05) is 12.1 Å². The van der Waals surface area contributed by atoms with Gasteiger partial charge in [0.1, 0.15) is 11.5 Å². The number of nitrogens with zero attached hydrogens (tertiary/aromatic N) is 1. The monoisotopic (exact) mass is 239 g/mol. The van der Waals surface area contributed by atoms with Crippen LogP contribution in [0.1, 0.15) is 31.2 Å². The molecule has 0 bridgehead atoms. The maximum atomic E-state index is 12.4. The molecule has 0 amide bonds. The molecule has 18 heavy (non-hydrogen) atoms. The van der Waals surface area contributed by atoms with E-state index in [1.165, 1.54) is 0 Å². The highest BCUT2D eigenvalue weighted by atomic mass is 16.5. The molecule has 4 rings (SSSR count). The van der Waals surface area contributed by atoms with Crippen LogP contribution in [0.2, 0.25) is 0 Å². The summed E-state index contributed by atoms with van der Waals surface area (Å²) in [5.41, 5.74) is 3.70. The third-order valence-electron chi connectivity index (χ3n) is 3.89. The molecular formula is C15H13NO2. The number of rotatable bonds is 0. The van der Waals surface area contributed by atoms with Crippen LogP contribution in [0.5, 0.6) is 5.75 Å². The maximum Gasteiger partial charge on any atom is 0.207 e. The summed E-state index contributed by atoms with van der Waals surface area (Å²) >= 11 is 0. The summed E-state index contributed by atoms with van der Waals surface area (Å²) in [6.07, 6.45) is 3.53. The summed E-state index contributed by atoms with van der Waals surface area (Å²) in [5.74, 6) is 0.917. The molecular weight excluding hydrogens is 226 g/mol. The van der Waals surface area contributed by atoms with Crippen molar-refractivity contribution in [3.63, 3.8) is 0 Å². The minimum atomic E-state index is -0.487. The fraction of sp³-hybridized carbons (Fsp3) is 0.333. The van der Waals surface area contributed by atoms with E-state index in [9.17, 15) is 4.79 Å². The molecule has 2 aliphatic heterocycles. The fourth-order valence-electron chi connectivity index (χ4n) is 2.98. The van der Waals surface area contributed by atoms with E-state index < -0.39 is 6.10 Å². The Bertz CT molecular complexity index is 613. The number of benzene rings is 1. The zero-order chi connectivity index (χ0) is 12.1. The number of para-hydroxylation sites is 1. The molecule has 0 saturated heterocycles. The van der Waals surface area contributed by atoms with Crippen LogP contribution < -0.4 is 4.74 Å². The Morgan fingerprint density at radius 3 is 2.94 bits per heavy atom. The summed E-state index contributed by atoms with van der Waals surface area (Å²) < 4.78 is 5.76. The van der Waals surface area contributed by atoms with Crippen LogP contribution in [0, 0.1) is 0 Å². The third-order valence-corrected chi connectivity index (χ3v) is 3.89. The molecule has 90 valence electrons. The second-order valence-electron chi connectivity index (χ2n) is 4.99. The average molecular weight is 239 g/mol. The molecule has 3 heteroatoms. The van der Waals surface area contributed by atoms with E-state index in [-0.39, 0.29) is 5.78 Å². The van der Waals surface area contributed by atoms with Crippen molar-refractivity contribution in [1.82, 2.24) is 0 Å². The van der Waals surface area contributed by atoms with Crippen LogP contribution in [0.4, 0.5) is 0 Å². The highest BCUT2D eigenvalue weighted by molar-refractivity contribution is 6.25. The lowest BCUT2D eigenvalue weighted by Crippen LogP contribution is -2.36. The molecule has 0 fully saturated rings. The molecule has 0 spiro atoms. The Kier molecular flexibility index (Phi) is 1.98. The van der Waals surface area contributed by atoms with Gasteiger partial charge in [0.05, 0.1) is 0 Å². The second kappa shape index (κ2) is 3.55. The highest BCUT2D eigenvalue weighted by Gasteiger charge is 2.41. The van der Waals surface area contributed by atoms with Crippen molar-refractivity contribution in [3.05, 3.63) is 41.1 Å². The summed E-state index contributed by atoms with van der Waals surface area (Å²) in [4.78, 5) is 17.2. The lowest BCUT2D eigenvalue weighted by Gasteiger charge is -2.24. The highest BCUT2D eigenvalue weighted by Crippen LogP contribution is 2.38. The average Bonchev–Trinajstić information content (AvgIpc) is 2.79. The van der Waals surface area contributed by atoms with Gasteiger partial charge in [-0.3, -0.25) is 9.79 Å². The van der Waals surface area contributed by atoms with Crippen molar-refractivity contribution in [2.75, 3.05) is 0 Å². The summed E-state index contributed by atoms with van der Waals surface area (Å²) in [7, 11) is 0.